The van der Waals surface area contributed by atoms with Crippen LogP contribution in [0.4, 0.5) is 10.5 Å². The summed E-state index contributed by atoms with van der Waals surface area (Å²) >= 11 is 6.74. The topological polar surface area (TPSA) is 131 Å². The molecule has 1 aliphatic rings. The summed E-state index contributed by atoms with van der Waals surface area (Å²) in [5.41, 5.74) is 0.831. The summed E-state index contributed by atoms with van der Waals surface area (Å²) in [6.45, 7) is -0.0957. The normalized spacial score (nSPS) is 14.8. The number of carbonyl (C=O) groups is 3. The van der Waals surface area contributed by atoms with Crippen molar-refractivity contribution >= 4 is 52.2 Å². The van der Waals surface area contributed by atoms with Gasteiger partial charge in [0.1, 0.15) is 11.5 Å². The molecule has 0 bridgehead atoms. The number of rotatable bonds is 6. The number of nitro benzene ring substituents is 1. The zero-order valence-corrected chi connectivity index (χ0v) is 18.1. The molecule has 166 valence electrons. The molecule has 33 heavy (non-hydrogen) atoms. The molecule has 2 amide bonds. The smallest absolute Gasteiger partial charge is 0.337 e. The van der Waals surface area contributed by atoms with Gasteiger partial charge in [-0.2, -0.15) is 0 Å². The number of carboxylic acid groups (broad SMARTS) is 1. The Morgan fingerprint density at radius 1 is 1.18 bits per heavy atom. The summed E-state index contributed by atoms with van der Waals surface area (Å²) in [4.78, 5) is 47.7. The molecule has 1 N–H and O–H groups in total. The van der Waals surface area contributed by atoms with E-state index in [1.165, 1.54) is 36.4 Å². The zero-order chi connectivity index (χ0) is 23.7. The van der Waals surface area contributed by atoms with Crippen molar-refractivity contribution in [3.05, 3.63) is 91.5 Å². The molecule has 0 spiro atoms. The first kappa shape index (κ1) is 22.3. The van der Waals surface area contributed by atoms with Crippen LogP contribution in [-0.4, -0.2) is 32.0 Å². The molecule has 2 heterocycles. The van der Waals surface area contributed by atoms with Gasteiger partial charge in [-0.3, -0.25) is 24.6 Å². The van der Waals surface area contributed by atoms with E-state index in [-0.39, 0.29) is 27.7 Å². The molecule has 1 aliphatic heterocycles. The van der Waals surface area contributed by atoms with E-state index in [2.05, 4.69) is 0 Å². The van der Waals surface area contributed by atoms with E-state index in [4.69, 9.17) is 21.1 Å². The van der Waals surface area contributed by atoms with E-state index in [1.54, 1.807) is 24.3 Å². The molecule has 11 heteroatoms. The summed E-state index contributed by atoms with van der Waals surface area (Å²) in [7, 11) is 0. The largest absolute Gasteiger partial charge is 0.478 e. The maximum Gasteiger partial charge on any atom is 0.337 e. The van der Waals surface area contributed by atoms with E-state index in [1.807, 2.05) is 0 Å². The number of hydrogen-bond acceptors (Lipinski definition) is 7. The molecule has 2 aromatic carbocycles. The average molecular weight is 485 g/mol. The van der Waals surface area contributed by atoms with E-state index < -0.39 is 22.0 Å². The average Bonchev–Trinajstić information content (AvgIpc) is 3.34. The van der Waals surface area contributed by atoms with Crippen molar-refractivity contribution in [1.82, 2.24) is 4.90 Å². The first-order valence-electron chi connectivity index (χ1n) is 9.34. The van der Waals surface area contributed by atoms with Gasteiger partial charge in [0.15, 0.2) is 0 Å². The number of nitro groups is 1. The van der Waals surface area contributed by atoms with Gasteiger partial charge in [-0.05, 0) is 41.6 Å². The van der Waals surface area contributed by atoms with Gasteiger partial charge >= 0.3 is 5.97 Å². The molecule has 4 rings (SSSR count). The minimum absolute atomic E-state index is 0.0374. The van der Waals surface area contributed by atoms with Crippen LogP contribution in [0.15, 0.2) is 63.9 Å². The van der Waals surface area contributed by atoms with Gasteiger partial charge < -0.3 is 9.52 Å². The van der Waals surface area contributed by atoms with Gasteiger partial charge in [0.05, 0.1) is 27.0 Å². The van der Waals surface area contributed by atoms with Gasteiger partial charge in [-0.1, -0.05) is 29.8 Å². The highest BCUT2D eigenvalue weighted by Crippen LogP contribution is 2.35. The number of amides is 2. The molecule has 0 saturated carbocycles. The van der Waals surface area contributed by atoms with E-state index in [9.17, 15) is 24.5 Å². The van der Waals surface area contributed by atoms with Crippen molar-refractivity contribution in [3.63, 3.8) is 0 Å². The molecule has 1 aromatic heterocycles. The maximum absolute atomic E-state index is 12.7. The van der Waals surface area contributed by atoms with Crippen molar-refractivity contribution in [2.24, 2.45) is 0 Å². The number of furan rings is 1. The Labute approximate surface area is 195 Å². The Morgan fingerprint density at radius 2 is 1.97 bits per heavy atom. The number of non-ortho nitro benzene ring substituents is 1. The van der Waals surface area contributed by atoms with Crippen molar-refractivity contribution < 1.29 is 28.8 Å². The first-order valence-corrected chi connectivity index (χ1v) is 10.5. The summed E-state index contributed by atoms with van der Waals surface area (Å²) < 4.78 is 5.71. The zero-order valence-electron chi connectivity index (χ0n) is 16.6. The number of benzene rings is 2. The van der Waals surface area contributed by atoms with Gasteiger partial charge in [-0.25, -0.2) is 4.79 Å². The predicted molar refractivity (Wildman–Crippen MR) is 121 cm³/mol. The van der Waals surface area contributed by atoms with Crippen molar-refractivity contribution in [2.45, 2.75) is 6.54 Å². The minimum atomic E-state index is -1.15. The number of carboxylic acids is 1. The van der Waals surface area contributed by atoms with Crippen molar-refractivity contribution in [3.8, 4) is 11.3 Å². The van der Waals surface area contributed by atoms with Gasteiger partial charge in [0.25, 0.3) is 16.8 Å². The van der Waals surface area contributed by atoms with E-state index in [0.29, 0.717) is 22.6 Å². The Hall–Kier alpha value is -3.89. The second kappa shape index (κ2) is 8.93. The number of nitrogens with zero attached hydrogens (tertiary/aromatic N) is 2. The van der Waals surface area contributed by atoms with E-state index in [0.717, 1.165) is 16.7 Å². The predicted octanol–water partition coefficient (Wildman–Crippen LogP) is 5.44. The Balaban J connectivity index is 1.53. The Bertz CT molecular complexity index is 1350. The molecule has 0 aliphatic carbocycles. The lowest BCUT2D eigenvalue weighted by Gasteiger charge is -2.12. The van der Waals surface area contributed by atoms with Crippen molar-refractivity contribution in [1.29, 1.82) is 0 Å². The third-order valence-electron chi connectivity index (χ3n) is 4.72. The van der Waals surface area contributed by atoms with Gasteiger partial charge in [-0.15, -0.1) is 0 Å². The number of imide groups is 1. The third kappa shape index (κ3) is 4.66. The fourth-order valence-corrected chi connectivity index (χ4v) is 4.22. The number of halogens is 1. The van der Waals surface area contributed by atoms with Crippen LogP contribution in [0.2, 0.25) is 5.02 Å². The Kier molecular flexibility index (Phi) is 6.03. The Morgan fingerprint density at radius 3 is 2.67 bits per heavy atom. The monoisotopic (exact) mass is 484 g/mol. The molecule has 9 nitrogen and oxygen atoms in total. The highest BCUT2D eigenvalue weighted by molar-refractivity contribution is 8.18. The van der Waals surface area contributed by atoms with Crippen LogP contribution >= 0.6 is 23.4 Å². The molecule has 1 fully saturated rings. The minimum Gasteiger partial charge on any atom is -0.478 e. The lowest BCUT2D eigenvalue weighted by atomic mass is 10.1. The molecule has 0 atom stereocenters. The van der Waals surface area contributed by atoms with Crippen LogP contribution in [0.5, 0.6) is 0 Å². The fourth-order valence-electron chi connectivity index (χ4n) is 3.14. The third-order valence-corrected chi connectivity index (χ3v) is 5.94. The van der Waals surface area contributed by atoms with Crippen LogP contribution < -0.4 is 0 Å². The van der Waals surface area contributed by atoms with Crippen LogP contribution in [0, 0.1) is 10.1 Å². The molecule has 3 aromatic rings. The lowest BCUT2D eigenvalue weighted by molar-refractivity contribution is -0.384. The SMILES string of the molecule is O=C(O)c1ccc(-c2ccc(/C=C3\SC(=O)N(Cc4cccc([N+](=O)[O-])c4)C3=O)o2)cc1Cl. The standard InChI is InChI=1S/C22H13ClN2O7S/c23-17-9-13(4-6-16(17)21(27)28)18-7-5-15(32-18)10-19-20(26)24(22(29)33-19)11-12-2-1-3-14(8-12)25(30)31/h1-10H,11H2,(H,27,28)/b19-10-. The highest BCUT2D eigenvalue weighted by Gasteiger charge is 2.35. The number of aromatic carboxylic acids is 1. The number of thioether (sulfide) groups is 1. The summed E-state index contributed by atoms with van der Waals surface area (Å²) in [6, 6.07) is 13.3. The maximum atomic E-state index is 12.7. The van der Waals surface area contributed by atoms with Gasteiger partial charge in [0.2, 0.25) is 0 Å². The second-order valence-corrected chi connectivity index (χ2v) is 8.30. The van der Waals surface area contributed by atoms with Crippen LogP contribution in [0.1, 0.15) is 21.7 Å². The molecular formula is C22H13ClN2O7S. The molecule has 1 saturated heterocycles. The number of carbonyl (C=O) groups excluding carboxylic acids is 2. The fraction of sp³-hybridized carbons (Fsp3) is 0.0455. The number of hydrogen-bond donors (Lipinski definition) is 1. The quantitative estimate of drug-likeness (QED) is 0.278. The van der Waals surface area contributed by atoms with E-state index >= 15 is 0 Å². The summed E-state index contributed by atoms with van der Waals surface area (Å²) in [5, 5.41) is 19.6. The lowest BCUT2D eigenvalue weighted by Crippen LogP contribution is -2.27. The molecular weight excluding hydrogens is 472 g/mol. The molecule has 0 unspecified atom stereocenters. The highest BCUT2D eigenvalue weighted by atomic mass is 35.5. The summed E-state index contributed by atoms with van der Waals surface area (Å²) in [6.07, 6.45) is 1.43. The molecule has 0 radical (unpaired) electrons. The van der Waals surface area contributed by atoms with Gasteiger partial charge in [0, 0.05) is 23.8 Å². The van der Waals surface area contributed by atoms with Crippen LogP contribution in [0.3, 0.4) is 0 Å². The second-order valence-electron chi connectivity index (χ2n) is 6.90. The first-order chi connectivity index (χ1) is 15.7. The summed E-state index contributed by atoms with van der Waals surface area (Å²) in [5.74, 6) is -0.976. The van der Waals surface area contributed by atoms with Crippen LogP contribution in [-0.2, 0) is 11.3 Å². The van der Waals surface area contributed by atoms with Crippen LogP contribution in [0.25, 0.3) is 17.4 Å². The van der Waals surface area contributed by atoms with Crippen molar-refractivity contribution in [2.75, 3.05) is 0 Å².